The highest BCUT2D eigenvalue weighted by Crippen LogP contribution is 2.28. The minimum Gasteiger partial charge on any atom is -0.493 e. The lowest BCUT2D eigenvalue weighted by atomic mass is 10.1. The molecule has 0 aliphatic heterocycles. The predicted octanol–water partition coefficient (Wildman–Crippen LogP) is 4.49. The van der Waals surface area contributed by atoms with Crippen LogP contribution in [-0.4, -0.2) is 14.9 Å². The van der Waals surface area contributed by atoms with Crippen molar-refractivity contribution in [3.05, 3.63) is 40.6 Å². The van der Waals surface area contributed by atoms with Gasteiger partial charge < -0.3 is 5.11 Å². The van der Waals surface area contributed by atoms with Crippen molar-refractivity contribution in [2.24, 2.45) is 0 Å². The zero-order valence-electron chi connectivity index (χ0n) is 13.6. The molecule has 2 rings (SSSR count). The molecule has 0 aliphatic rings. The molecule has 1 aromatic carbocycles. The van der Waals surface area contributed by atoms with Gasteiger partial charge in [-0.15, -0.1) is 0 Å². The SMILES string of the molecule is CCCCc1nn(-c2ccc(C)c(C)c2)c(O)c1CCC. The Balaban J connectivity index is 2.45. The maximum Gasteiger partial charge on any atom is 0.217 e. The number of nitrogens with zero attached hydrogens (tertiary/aromatic N) is 2. The van der Waals surface area contributed by atoms with Gasteiger partial charge in [-0.2, -0.15) is 5.10 Å². The van der Waals surface area contributed by atoms with Crippen LogP contribution in [0, 0.1) is 13.8 Å². The van der Waals surface area contributed by atoms with Gasteiger partial charge in [0.15, 0.2) is 0 Å². The minimum atomic E-state index is 0.311. The fraction of sp³-hybridized carbons (Fsp3) is 0.500. The van der Waals surface area contributed by atoms with Gasteiger partial charge in [0.05, 0.1) is 11.4 Å². The van der Waals surface area contributed by atoms with E-state index in [1.807, 2.05) is 6.07 Å². The van der Waals surface area contributed by atoms with E-state index in [0.717, 1.165) is 49.0 Å². The highest BCUT2D eigenvalue weighted by atomic mass is 16.3. The second-order valence-electron chi connectivity index (χ2n) is 5.78. The van der Waals surface area contributed by atoms with Gasteiger partial charge in [0.25, 0.3) is 0 Å². The first kappa shape index (κ1) is 15.6. The highest BCUT2D eigenvalue weighted by molar-refractivity contribution is 5.44. The van der Waals surface area contributed by atoms with E-state index in [1.165, 1.54) is 11.1 Å². The molecule has 0 aliphatic carbocycles. The van der Waals surface area contributed by atoms with Crippen molar-refractivity contribution in [3.8, 4) is 11.6 Å². The summed E-state index contributed by atoms with van der Waals surface area (Å²) in [5.74, 6) is 0.311. The third-order valence-electron chi connectivity index (χ3n) is 4.04. The first-order chi connectivity index (χ1) is 10.1. The van der Waals surface area contributed by atoms with E-state index in [9.17, 15) is 5.11 Å². The Morgan fingerprint density at radius 2 is 1.81 bits per heavy atom. The number of aromatic nitrogens is 2. The fourth-order valence-electron chi connectivity index (χ4n) is 2.57. The maximum atomic E-state index is 10.6. The van der Waals surface area contributed by atoms with Crippen LogP contribution in [0.3, 0.4) is 0 Å². The van der Waals surface area contributed by atoms with Crippen LogP contribution in [-0.2, 0) is 12.8 Å². The molecule has 0 radical (unpaired) electrons. The van der Waals surface area contributed by atoms with Crippen molar-refractivity contribution in [1.29, 1.82) is 0 Å². The lowest BCUT2D eigenvalue weighted by molar-refractivity contribution is 0.427. The van der Waals surface area contributed by atoms with Crippen LogP contribution in [0.4, 0.5) is 0 Å². The first-order valence-electron chi connectivity index (χ1n) is 7.95. The molecular weight excluding hydrogens is 260 g/mol. The lowest BCUT2D eigenvalue weighted by Gasteiger charge is -2.06. The van der Waals surface area contributed by atoms with Crippen LogP contribution in [0.2, 0.25) is 0 Å². The van der Waals surface area contributed by atoms with Crippen LogP contribution in [0.25, 0.3) is 5.69 Å². The molecule has 1 heterocycles. The molecule has 0 saturated carbocycles. The second-order valence-corrected chi connectivity index (χ2v) is 5.78. The zero-order chi connectivity index (χ0) is 15.4. The maximum absolute atomic E-state index is 10.6. The molecule has 1 aromatic heterocycles. The van der Waals surface area contributed by atoms with Crippen molar-refractivity contribution < 1.29 is 5.11 Å². The Bertz CT molecular complexity index is 614. The molecule has 0 atom stereocenters. The van der Waals surface area contributed by atoms with Crippen molar-refractivity contribution in [3.63, 3.8) is 0 Å². The Hall–Kier alpha value is -1.77. The molecule has 0 amide bonds. The normalized spacial score (nSPS) is 11.0. The average Bonchev–Trinajstić information content (AvgIpc) is 2.77. The van der Waals surface area contributed by atoms with Crippen LogP contribution in [0.5, 0.6) is 5.88 Å². The van der Waals surface area contributed by atoms with Gasteiger partial charge in [0.1, 0.15) is 0 Å². The van der Waals surface area contributed by atoms with Gasteiger partial charge in [-0.25, -0.2) is 4.68 Å². The Labute approximate surface area is 127 Å². The zero-order valence-corrected chi connectivity index (χ0v) is 13.6. The standard InChI is InChI=1S/C18H26N2O/c1-5-7-9-17-16(8-6-2)18(21)20(19-17)15-11-10-13(3)14(4)12-15/h10-12,21H,5-9H2,1-4H3. The number of hydrogen-bond donors (Lipinski definition) is 1. The van der Waals surface area contributed by atoms with E-state index in [-0.39, 0.29) is 0 Å². The average molecular weight is 286 g/mol. The molecule has 0 bridgehead atoms. The van der Waals surface area contributed by atoms with Crippen molar-refractivity contribution in [1.82, 2.24) is 9.78 Å². The third-order valence-corrected chi connectivity index (χ3v) is 4.04. The number of benzene rings is 1. The van der Waals surface area contributed by atoms with Crippen molar-refractivity contribution in [2.75, 3.05) is 0 Å². The number of hydrogen-bond acceptors (Lipinski definition) is 2. The molecule has 2 aromatic rings. The van der Waals surface area contributed by atoms with Gasteiger partial charge in [-0.1, -0.05) is 32.8 Å². The van der Waals surface area contributed by atoms with Crippen molar-refractivity contribution >= 4 is 0 Å². The summed E-state index contributed by atoms with van der Waals surface area (Å²) >= 11 is 0. The topological polar surface area (TPSA) is 38.0 Å². The minimum absolute atomic E-state index is 0.311. The molecule has 0 spiro atoms. The third kappa shape index (κ3) is 3.29. The van der Waals surface area contributed by atoms with E-state index in [4.69, 9.17) is 0 Å². The van der Waals surface area contributed by atoms with E-state index in [0.29, 0.717) is 5.88 Å². The quantitative estimate of drug-likeness (QED) is 0.849. The van der Waals surface area contributed by atoms with Gasteiger partial charge in [-0.3, -0.25) is 0 Å². The summed E-state index contributed by atoms with van der Waals surface area (Å²) in [7, 11) is 0. The van der Waals surface area contributed by atoms with E-state index >= 15 is 0 Å². The van der Waals surface area contributed by atoms with Gasteiger partial charge in [-0.05, 0) is 56.4 Å². The Kier molecular flexibility index (Phi) is 5.05. The van der Waals surface area contributed by atoms with Crippen LogP contribution < -0.4 is 0 Å². The molecule has 114 valence electrons. The summed E-state index contributed by atoms with van der Waals surface area (Å²) in [5, 5.41) is 15.2. The number of aromatic hydroxyl groups is 1. The van der Waals surface area contributed by atoms with Gasteiger partial charge in [0, 0.05) is 5.56 Å². The van der Waals surface area contributed by atoms with Crippen LogP contribution >= 0.6 is 0 Å². The lowest BCUT2D eigenvalue weighted by Crippen LogP contribution is -1.98. The molecule has 21 heavy (non-hydrogen) atoms. The van der Waals surface area contributed by atoms with Crippen molar-refractivity contribution in [2.45, 2.75) is 59.8 Å². The molecular formula is C18H26N2O. The highest BCUT2D eigenvalue weighted by Gasteiger charge is 2.17. The molecule has 0 unspecified atom stereocenters. The van der Waals surface area contributed by atoms with Gasteiger partial charge >= 0.3 is 0 Å². The molecule has 0 saturated heterocycles. The summed E-state index contributed by atoms with van der Waals surface area (Å²) in [5.41, 5.74) is 5.48. The molecule has 0 fully saturated rings. The Morgan fingerprint density at radius 3 is 2.43 bits per heavy atom. The molecule has 3 heteroatoms. The van der Waals surface area contributed by atoms with Crippen LogP contribution in [0.1, 0.15) is 55.5 Å². The first-order valence-corrected chi connectivity index (χ1v) is 7.95. The largest absolute Gasteiger partial charge is 0.493 e. The number of aryl methyl sites for hydroxylation is 3. The second kappa shape index (κ2) is 6.79. The molecule has 1 N–H and O–H groups in total. The van der Waals surface area contributed by atoms with E-state index in [1.54, 1.807) is 4.68 Å². The summed E-state index contributed by atoms with van der Waals surface area (Å²) in [6.45, 7) is 8.50. The summed E-state index contributed by atoms with van der Waals surface area (Å²) in [6.07, 6.45) is 5.10. The summed E-state index contributed by atoms with van der Waals surface area (Å²) in [4.78, 5) is 0. The van der Waals surface area contributed by atoms with Gasteiger partial charge in [0.2, 0.25) is 5.88 Å². The Morgan fingerprint density at radius 1 is 1.05 bits per heavy atom. The summed E-state index contributed by atoms with van der Waals surface area (Å²) in [6, 6.07) is 6.19. The molecule has 3 nitrogen and oxygen atoms in total. The smallest absolute Gasteiger partial charge is 0.217 e. The number of rotatable bonds is 6. The monoisotopic (exact) mass is 286 g/mol. The number of unbranched alkanes of at least 4 members (excludes halogenated alkanes) is 1. The predicted molar refractivity (Wildman–Crippen MR) is 87.3 cm³/mol. The summed E-state index contributed by atoms with van der Waals surface area (Å²) < 4.78 is 1.70. The fourth-order valence-corrected chi connectivity index (χ4v) is 2.57. The van der Waals surface area contributed by atoms with Crippen LogP contribution in [0.15, 0.2) is 18.2 Å². The van der Waals surface area contributed by atoms with E-state index in [2.05, 4.69) is 44.9 Å². The van der Waals surface area contributed by atoms with E-state index < -0.39 is 0 Å².